The summed E-state index contributed by atoms with van der Waals surface area (Å²) in [6, 6.07) is 10.2. The SMILES string of the molecule is O=C(O)NC1CCC(n2ncc(Cl)c2C(=O)Nc2ncc(C#Cc3ccccc3)cc2F)CC1. The molecule has 2 aromatic heterocycles. The zero-order chi connectivity index (χ0) is 24.1. The number of aromatic nitrogens is 3. The smallest absolute Gasteiger partial charge is 0.404 e. The van der Waals surface area contributed by atoms with Gasteiger partial charge in [0, 0.05) is 23.4 Å². The Labute approximate surface area is 200 Å². The van der Waals surface area contributed by atoms with Gasteiger partial charge in [-0.3, -0.25) is 9.48 Å². The van der Waals surface area contributed by atoms with Gasteiger partial charge in [0.05, 0.1) is 17.3 Å². The normalized spacial score (nSPS) is 17.4. The molecule has 1 aliphatic rings. The van der Waals surface area contributed by atoms with E-state index in [1.54, 1.807) is 0 Å². The third kappa shape index (κ3) is 5.53. The highest BCUT2D eigenvalue weighted by Gasteiger charge is 2.28. The Morgan fingerprint density at radius 3 is 2.47 bits per heavy atom. The molecule has 3 N–H and O–H groups in total. The van der Waals surface area contributed by atoms with Crippen LogP contribution in [0.3, 0.4) is 0 Å². The Morgan fingerprint density at radius 2 is 1.79 bits per heavy atom. The predicted molar refractivity (Wildman–Crippen MR) is 124 cm³/mol. The fraction of sp³-hybridized carbons (Fsp3) is 0.250. The molecule has 10 heteroatoms. The molecule has 0 bridgehead atoms. The van der Waals surface area contributed by atoms with Crippen molar-refractivity contribution in [2.24, 2.45) is 0 Å². The van der Waals surface area contributed by atoms with Gasteiger partial charge in [0.15, 0.2) is 11.6 Å². The molecule has 0 spiro atoms. The van der Waals surface area contributed by atoms with Crippen LogP contribution in [0.25, 0.3) is 0 Å². The second-order valence-corrected chi connectivity index (χ2v) is 8.27. The highest BCUT2D eigenvalue weighted by Crippen LogP contribution is 2.31. The molecule has 0 aliphatic heterocycles. The van der Waals surface area contributed by atoms with E-state index in [1.807, 2.05) is 30.3 Å². The summed E-state index contributed by atoms with van der Waals surface area (Å²) in [6.07, 6.45) is 4.13. The van der Waals surface area contributed by atoms with Gasteiger partial charge in [0.25, 0.3) is 5.91 Å². The zero-order valence-electron chi connectivity index (χ0n) is 18.0. The molecule has 2 amide bonds. The van der Waals surface area contributed by atoms with E-state index in [9.17, 15) is 14.0 Å². The Kier molecular flexibility index (Phi) is 7.09. The number of carboxylic acid groups (broad SMARTS) is 1. The summed E-state index contributed by atoms with van der Waals surface area (Å²) < 4.78 is 16.1. The van der Waals surface area contributed by atoms with Crippen molar-refractivity contribution in [3.05, 3.63) is 76.5 Å². The van der Waals surface area contributed by atoms with Gasteiger partial charge in [-0.1, -0.05) is 41.6 Å². The van der Waals surface area contributed by atoms with Crippen LogP contribution in [0.2, 0.25) is 5.02 Å². The number of anilines is 1. The Bertz CT molecular complexity index is 1260. The van der Waals surface area contributed by atoms with E-state index in [1.165, 1.54) is 23.1 Å². The van der Waals surface area contributed by atoms with Crippen LogP contribution in [-0.2, 0) is 0 Å². The number of benzene rings is 1. The number of rotatable bonds is 4. The first-order chi connectivity index (χ1) is 16.4. The minimum absolute atomic E-state index is 0.102. The van der Waals surface area contributed by atoms with E-state index in [0.29, 0.717) is 31.2 Å². The molecule has 2 heterocycles. The van der Waals surface area contributed by atoms with Crippen molar-refractivity contribution in [3.63, 3.8) is 0 Å². The minimum atomic E-state index is -1.06. The number of nitrogens with zero attached hydrogens (tertiary/aromatic N) is 3. The monoisotopic (exact) mass is 481 g/mol. The van der Waals surface area contributed by atoms with Gasteiger partial charge in [0.2, 0.25) is 0 Å². The summed E-state index contributed by atoms with van der Waals surface area (Å²) in [7, 11) is 0. The van der Waals surface area contributed by atoms with Crippen LogP contribution >= 0.6 is 11.6 Å². The van der Waals surface area contributed by atoms with Crippen LogP contribution in [0.15, 0.2) is 48.8 Å². The zero-order valence-corrected chi connectivity index (χ0v) is 18.7. The number of pyridine rings is 1. The van der Waals surface area contributed by atoms with Crippen LogP contribution in [0.5, 0.6) is 0 Å². The Hall–Kier alpha value is -3.90. The molecule has 1 aromatic carbocycles. The molecular formula is C24H21ClFN5O3. The molecule has 0 saturated heterocycles. The molecule has 4 rings (SSSR count). The van der Waals surface area contributed by atoms with Crippen molar-refractivity contribution >= 4 is 29.4 Å². The van der Waals surface area contributed by atoms with Crippen LogP contribution in [0, 0.1) is 17.7 Å². The van der Waals surface area contributed by atoms with E-state index in [0.717, 1.165) is 5.56 Å². The lowest BCUT2D eigenvalue weighted by Gasteiger charge is -2.29. The fourth-order valence-corrected chi connectivity index (χ4v) is 4.12. The van der Waals surface area contributed by atoms with Crippen molar-refractivity contribution in [2.45, 2.75) is 37.8 Å². The second kappa shape index (κ2) is 10.4. The van der Waals surface area contributed by atoms with Gasteiger partial charge in [-0.25, -0.2) is 14.2 Å². The van der Waals surface area contributed by atoms with Crippen molar-refractivity contribution in [1.29, 1.82) is 0 Å². The number of amides is 2. The summed E-state index contributed by atoms with van der Waals surface area (Å²) >= 11 is 6.22. The van der Waals surface area contributed by atoms with E-state index < -0.39 is 17.8 Å². The lowest BCUT2D eigenvalue weighted by Crippen LogP contribution is -2.37. The van der Waals surface area contributed by atoms with Crippen LogP contribution in [-0.4, -0.2) is 37.9 Å². The van der Waals surface area contributed by atoms with Crippen LogP contribution in [0.4, 0.5) is 15.0 Å². The maximum absolute atomic E-state index is 14.6. The van der Waals surface area contributed by atoms with E-state index in [2.05, 4.69) is 32.6 Å². The number of halogens is 2. The molecule has 0 atom stereocenters. The van der Waals surface area contributed by atoms with E-state index >= 15 is 0 Å². The highest BCUT2D eigenvalue weighted by molar-refractivity contribution is 6.34. The van der Waals surface area contributed by atoms with Gasteiger partial charge in [-0.05, 0) is 43.9 Å². The van der Waals surface area contributed by atoms with Crippen LogP contribution < -0.4 is 10.6 Å². The molecule has 0 radical (unpaired) electrons. The average molecular weight is 482 g/mol. The third-order valence-electron chi connectivity index (χ3n) is 5.53. The summed E-state index contributed by atoms with van der Waals surface area (Å²) in [6.45, 7) is 0. The second-order valence-electron chi connectivity index (χ2n) is 7.87. The molecule has 3 aromatic rings. The highest BCUT2D eigenvalue weighted by atomic mass is 35.5. The summed E-state index contributed by atoms with van der Waals surface area (Å²) in [5, 5.41) is 18.2. The molecular weight excluding hydrogens is 461 g/mol. The summed E-state index contributed by atoms with van der Waals surface area (Å²) in [4.78, 5) is 27.8. The summed E-state index contributed by atoms with van der Waals surface area (Å²) in [5.74, 6) is 4.16. The molecule has 174 valence electrons. The number of hydrogen-bond donors (Lipinski definition) is 3. The number of nitrogens with one attached hydrogen (secondary N) is 2. The first-order valence-corrected chi connectivity index (χ1v) is 11.0. The Morgan fingerprint density at radius 1 is 1.09 bits per heavy atom. The number of carbonyl (C=O) groups is 2. The van der Waals surface area contributed by atoms with Gasteiger partial charge in [-0.15, -0.1) is 0 Å². The average Bonchev–Trinajstić information content (AvgIpc) is 3.21. The van der Waals surface area contributed by atoms with Crippen LogP contribution in [0.1, 0.15) is 53.3 Å². The number of hydrogen-bond acceptors (Lipinski definition) is 4. The number of carbonyl (C=O) groups excluding carboxylic acids is 1. The van der Waals surface area contributed by atoms with Gasteiger partial charge >= 0.3 is 6.09 Å². The topological polar surface area (TPSA) is 109 Å². The first-order valence-electron chi connectivity index (χ1n) is 10.7. The van der Waals surface area contributed by atoms with Crippen molar-refractivity contribution in [1.82, 2.24) is 20.1 Å². The molecule has 1 aliphatic carbocycles. The van der Waals surface area contributed by atoms with E-state index in [4.69, 9.17) is 16.7 Å². The van der Waals surface area contributed by atoms with Crippen molar-refractivity contribution in [3.8, 4) is 11.8 Å². The van der Waals surface area contributed by atoms with Gasteiger partial charge in [-0.2, -0.15) is 5.10 Å². The fourth-order valence-electron chi connectivity index (χ4n) is 3.90. The lowest BCUT2D eigenvalue weighted by atomic mass is 9.91. The largest absolute Gasteiger partial charge is 0.465 e. The maximum atomic E-state index is 14.6. The van der Waals surface area contributed by atoms with Gasteiger partial charge < -0.3 is 15.7 Å². The molecule has 0 unspecified atom stereocenters. The quantitative estimate of drug-likeness (QED) is 0.476. The molecule has 1 fully saturated rings. The van der Waals surface area contributed by atoms with Crippen molar-refractivity contribution < 1.29 is 19.1 Å². The first kappa shape index (κ1) is 23.3. The summed E-state index contributed by atoms with van der Waals surface area (Å²) in [5.41, 5.74) is 1.26. The predicted octanol–water partition coefficient (Wildman–Crippen LogP) is 4.47. The third-order valence-corrected chi connectivity index (χ3v) is 5.81. The van der Waals surface area contributed by atoms with Gasteiger partial charge in [0.1, 0.15) is 5.69 Å². The van der Waals surface area contributed by atoms with E-state index in [-0.39, 0.29) is 28.6 Å². The molecule has 34 heavy (non-hydrogen) atoms. The minimum Gasteiger partial charge on any atom is -0.465 e. The van der Waals surface area contributed by atoms with Crippen molar-refractivity contribution in [2.75, 3.05) is 5.32 Å². The molecule has 8 nitrogen and oxygen atoms in total. The Balaban J connectivity index is 1.46. The lowest BCUT2D eigenvalue weighted by molar-refractivity contribution is 0.101. The standard InChI is InChI=1S/C24H21ClFN5O3/c25-19-14-28-31(18-10-8-17(9-11-18)29-24(33)34)21(19)23(32)30-22-20(26)12-16(13-27-22)7-6-15-4-2-1-3-5-15/h1-5,12-14,17-18,29H,8-11H2,(H,33,34)(H,27,30,32). The maximum Gasteiger partial charge on any atom is 0.404 e. The molecule has 1 saturated carbocycles.